The summed E-state index contributed by atoms with van der Waals surface area (Å²) < 4.78 is 0. The molecule has 0 aliphatic heterocycles. The summed E-state index contributed by atoms with van der Waals surface area (Å²) >= 11 is 0. The van der Waals surface area contributed by atoms with Crippen LogP contribution in [0, 0.1) is 0 Å². The lowest BCUT2D eigenvalue weighted by atomic mass is 10.2. The van der Waals surface area contributed by atoms with E-state index in [1.807, 2.05) is 19.2 Å². The van der Waals surface area contributed by atoms with Crippen LogP contribution in [0.3, 0.4) is 0 Å². The van der Waals surface area contributed by atoms with Gasteiger partial charge in [0.2, 0.25) is 0 Å². The van der Waals surface area contributed by atoms with Crippen molar-refractivity contribution in [2.45, 2.75) is 13.3 Å². The summed E-state index contributed by atoms with van der Waals surface area (Å²) in [6.45, 7) is 6.77. The van der Waals surface area contributed by atoms with Gasteiger partial charge in [0.05, 0.1) is 0 Å². The van der Waals surface area contributed by atoms with E-state index in [1.165, 1.54) is 5.57 Å². The van der Waals surface area contributed by atoms with Crippen LogP contribution in [-0.4, -0.2) is 13.6 Å². The van der Waals surface area contributed by atoms with E-state index in [-0.39, 0.29) is 0 Å². The third kappa shape index (κ3) is 7.07. The molecule has 0 heterocycles. The van der Waals surface area contributed by atoms with Gasteiger partial charge in [-0.3, -0.25) is 0 Å². The number of allylic oxidation sites excluding steroid dienone is 4. The van der Waals surface area contributed by atoms with Gasteiger partial charge < -0.3 is 5.32 Å². The van der Waals surface area contributed by atoms with E-state index in [1.54, 1.807) is 6.08 Å². The molecule has 11 heavy (non-hydrogen) atoms. The molecule has 1 heteroatoms. The first-order valence-electron chi connectivity index (χ1n) is 3.90. The van der Waals surface area contributed by atoms with Crippen LogP contribution in [0.25, 0.3) is 0 Å². The highest BCUT2D eigenvalue weighted by molar-refractivity contribution is 5.14. The Balaban J connectivity index is 3.61. The van der Waals surface area contributed by atoms with Crippen molar-refractivity contribution in [3.05, 3.63) is 36.5 Å². The van der Waals surface area contributed by atoms with Crippen molar-refractivity contribution >= 4 is 0 Å². The Morgan fingerprint density at radius 1 is 1.45 bits per heavy atom. The average Bonchev–Trinajstić information content (AvgIpc) is 2.01. The minimum atomic E-state index is 1.05. The van der Waals surface area contributed by atoms with E-state index in [2.05, 4.69) is 24.9 Å². The molecule has 0 rings (SSSR count). The zero-order chi connectivity index (χ0) is 8.53. The van der Waals surface area contributed by atoms with Gasteiger partial charge in [-0.1, -0.05) is 36.5 Å². The van der Waals surface area contributed by atoms with Crippen LogP contribution in [0.5, 0.6) is 0 Å². The van der Waals surface area contributed by atoms with Crippen LogP contribution in [0.1, 0.15) is 13.3 Å². The van der Waals surface area contributed by atoms with Gasteiger partial charge in [-0.2, -0.15) is 0 Å². The van der Waals surface area contributed by atoms with Crippen molar-refractivity contribution in [3.63, 3.8) is 0 Å². The highest BCUT2D eigenvalue weighted by atomic mass is 14.8. The van der Waals surface area contributed by atoms with Crippen molar-refractivity contribution in [2.24, 2.45) is 0 Å². The van der Waals surface area contributed by atoms with Crippen LogP contribution < -0.4 is 5.32 Å². The molecule has 0 aromatic carbocycles. The zero-order valence-corrected chi connectivity index (χ0v) is 7.43. The summed E-state index contributed by atoms with van der Waals surface area (Å²) in [5, 5.41) is 3.10. The second-order valence-electron chi connectivity index (χ2n) is 2.49. The van der Waals surface area contributed by atoms with Gasteiger partial charge in [-0.25, -0.2) is 0 Å². The fourth-order valence-corrected chi connectivity index (χ4v) is 0.704. The lowest BCUT2D eigenvalue weighted by molar-refractivity contribution is 0.785. The largest absolute Gasteiger partial charge is 0.319 e. The molecule has 0 saturated carbocycles. The van der Waals surface area contributed by atoms with E-state index in [0.717, 1.165) is 13.0 Å². The standard InChI is InChI=1S/C10H17N/c1-4-5-6-7-10(2)8-9-11-3/h4-7,11H,1,8-9H2,2-3H3/b6-5-,10-7+. The van der Waals surface area contributed by atoms with E-state index in [0.29, 0.717) is 0 Å². The quantitative estimate of drug-likeness (QED) is 0.594. The SMILES string of the molecule is C=C/C=C\C=C(/C)CCNC. The lowest BCUT2D eigenvalue weighted by Gasteiger charge is -1.97. The second kappa shape index (κ2) is 7.29. The Morgan fingerprint density at radius 2 is 2.18 bits per heavy atom. The first-order valence-corrected chi connectivity index (χ1v) is 3.90. The maximum Gasteiger partial charge on any atom is -0.00146 e. The summed E-state index contributed by atoms with van der Waals surface area (Å²) in [6.07, 6.45) is 8.94. The summed E-state index contributed by atoms with van der Waals surface area (Å²) in [4.78, 5) is 0. The molecule has 1 N–H and O–H groups in total. The molecule has 0 bridgehead atoms. The van der Waals surface area contributed by atoms with Gasteiger partial charge in [0.25, 0.3) is 0 Å². The van der Waals surface area contributed by atoms with Gasteiger partial charge in [-0.15, -0.1) is 0 Å². The first kappa shape index (κ1) is 10.2. The van der Waals surface area contributed by atoms with Gasteiger partial charge in [0.1, 0.15) is 0 Å². The number of hydrogen-bond acceptors (Lipinski definition) is 1. The van der Waals surface area contributed by atoms with Gasteiger partial charge in [0.15, 0.2) is 0 Å². The first-order chi connectivity index (χ1) is 5.31. The molecule has 0 aromatic rings. The predicted molar refractivity (Wildman–Crippen MR) is 51.6 cm³/mol. The number of nitrogens with one attached hydrogen (secondary N) is 1. The summed E-state index contributed by atoms with van der Waals surface area (Å²) in [5.41, 5.74) is 1.39. The van der Waals surface area contributed by atoms with Crippen molar-refractivity contribution < 1.29 is 0 Å². The topological polar surface area (TPSA) is 12.0 Å². The molecule has 0 spiro atoms. The summed E-state index contributed by atoms with van der Waals surface area (Å²) in [5.74, 6) is 0. The molecule has 0 saturated heterocycles. The normalized spacial score (nSPS) is 12.4. The fourth-order valence-electron chi connectivity index (χ4n) is 0.704. The molecule has 62 valence electrons. The molecule has 0 fully saturated rings. The Hall–Kier alpha value is -0.820. The Morgan fingerprint density at radius 3 is 2.73 bits per heavy atom. The van der Waals surface area contributed by atoms with E-state index >= 15 is 0 Å². The van der Waals surface area contributed by atoms with Crippen molar-refractivity contribution in [3.8, 4) is 0 Å². The van der Waals surface area contributed by atoms with Crippen molar-refractivity contribution in [1.29, 1.82) is 0 Å². The number of rotatable bonds is 5. The van der Waals surface area contributed by atoms with E-state index in [4.69, 9.17) is 0 Å². The van der Waals surface area contributed by atoms with Crippen LogP contribution in [-0.2, 0) is 0 Å². The number of hydrogen-bond donors (Lipinski definition) is 1. The minimum absolute atomic E-state index is 1.05. The highest BCUT2D eigenvalue weighted by Crippen LogP contribution is 1.97. The third-order valence-corrected chi connectivity index (χ3v) is 1.40. The van der Waals surface area contributed by atoms with E-state index < -0.39 is 0 Å². The van der Waals surface area contributed by atoms with Gasteiger partial charge >= 0.3 is 0 Å². The molecule has 0 unspecified atom stereocenters. The Labute approximate surface area is 69.5 Å². The molecule has 0 aromatic heterocycles. The molecular weight excluding hydrogens is 134 g/mol. The van der Waals surface area contributed by atoms with E-state index in [9.17, 15) is 0 Å². The molecule has 0 aliphatic rings. The van der Waals surface area contributed by atoms with Crippen LogP contribution in [0.2, 0.25) is 0 Å². The van der Waals surface area contributed by atoms with Crippen molar-refractivity contribution in [2.75, 3.05) is 13.6 Å². The molecule has 0 atom stereocenters. The molecule has 0 aliphatic carbocycles. The lowest BCUT2D eigenvalue weighted by Crippen LogP contribution is -2.07. The van der Waals surface area contributed by atoms with Gasteiger partial charge in [0, 0.05) is 0 Å². The highest BCUT2D eigenvalue weighted by Gasteiger charge is 1.84. The van der Waals surface area contributed by atoms with Crippen molar-refractivity contribution in [1.82, 2.24) is 5.32 Å². The van der Waals surface area contributed by atoms with Crippen LogP contribution in [0.15, 0.2) is 36.5 Å². The molecule has 1 nitrogen and oxygen atoms in total. The van der Waals surface area contributed by atoms with Crippen LogP contribution in [0.4, 0.5) is 0 Å². The minimum Gasteiger partial charge on any atom is -0.319 e. The fraction of sp³-hybridized carbons (Fsp3) is 0.400. The predicted octanol–water partition coefficient (Wildman–Crippen LogP) is 2.28. The maximum atomic E-state index is 3.59. The monoisotopic (exact) mass is 151 g/mol. The molecule has 0 amide bonds. The Bertz CT molecular complexity index is 154. The summed E-state index contributed by atoms with van der Waals surface area (Å²) in [6, 6.07) is 0. The smallest absolute Gasteiger partial charge is 0.00146 e. The summed E-state index contributed by atoms with van der Waals surface area (Å²) in [7, 11) is 1.97. The zero-order valence-electron chi connectivity index (χ0n) is 7.43. The maximum absolute atomic E-state index is 3.59. The third-order valence-electron chi connectivity index (χ3n) is 1.40. The Kier molecular flexibility index (Phi) is 6.75. The van der Waals surface area contributed by atoms with Gasteiger partial charge in [-0.05, 0) is 26.9 Å². The molecular formula is C10H17N. The molecule has 0 radical (unpaired) electrons. The van der Waals surface area contributed by atoms with Crippen LogP contribution >= 0.6 is 0 Å². The average molecular weight is 151 g/mol. The second-order valence-corrected chi connectivity index (χ2v) is 2.49.